The molecule has 1 aliphatic rings. The zero-order valence-electron chi connectivity index (χ0n) is 13.4. The molecule has 1 fully saturated rings. The van der Waals surface area contributed by atoms with E-state index in [1.165, 1.54) is 10.4 Å². The SMILES string of the molecule is O=S(=O)(c1cc(Cl)sc1Cl)N1CCN(C/C=C/c2ccccc2)CC1. The van der Waals surface area contributed by atoms with Gasteiger partial charge in [0.1, 0.15) is 9.23 Å². The Morgan fingerprint density at radius 2 is 1.76 bits per heavy atom. The van der Waals surface area contributed by atoms with Crippen LogP contribution in [0.3, 0.4) is 0 Å². The van der Waals surface area contributed by atoms with Gasteiger partial charge >= 0.3 is 0 Å². The highest BCUT2D eigenvalue weighted by atomic mass is 35.5. The maximum Gasteiger partial charge on any atom is 0.245 e. The summed E-state index contributed by atoms with van der Waals surface area (Å²) in [6.45, 7) is 3.08. The molecule has 0 saturated carbocycles. The fraction of sp³-hybridized carbons (Fsp3) is 0.294. The number of hydrogen-bond acceptors (Lipinski definition) is 4. The second kappa shape index (κ2) is 8.20. The van der Waals surface area contributed by atoms with Gasteiger partial charge in [0.2, 0.25) is 10.0 Å². The van der Waals surface area contributed by atoms with Crippen LogP contribution in [0.2, 0.25) is 8.67 Å². The quantitative estimate of drug-likeness (QED) is 0.736. The first-order chi connectivity index (χ1) is 12.0. The predicted molar refractivity (Wildman–Crippen MR) is 105 cm³/mol. The van der Waals surface area contributed by atoms with Crippen LogP contribution < -0.4 is 0 Å². The van der Waals surface area contributed by atoms with Crippen molar-refractivity contribution < 1.29 is 8.42 Å². The maximum absolute atomic E-state index is 12.7. The smallest absolute Gasteiger partial charge is 0.245 e. The Morgan fingerprint density at radius 3 is 2.36 bits per heavy atom. The third-order valence-corrected chi connectivity index (χ3v) is 7.70. The number of nitrogens with zero attached hydrogens (tertiary/aromatic N) is 2. The summed E-state index contributed by atoms with van der Waals surface area (Å²) in [7, 11) is -3.58. The maximum atomic E-state index is 12.7. The number of sulfonamides is 1. The lowest BCUT2D eigenvalue weighted by molar-refractivity contribution is 0.204. The molecule has 1 aromatic carbocycles. The van der Waals surface area contributed by atoms with Crippen molar-refractivity contribution in [3.05, 3.63) is 56.7 Å². The number of piperazine rings is 1. The molecule has 25 heavy (non-hydrogen) atoms. The largest absolute Gasteiger partial charge is 0.297 e. The molecule has 8 heteroatoms. The number of hydrogen-bond donors (Lipinski definition) is 0. The van der Waals surface area contributed by atoms with E-state index in [9.17, 15) is 8.42 Å². The number of halogens is 2. The van der Waals surface area contributed by atoms with Crippen molar-refractivity contribution >= 4 is 50.6 Å². The van der Waals surface area contributed by atoms with Crippen LogP contribution in [-0.4, -0.2) is 50.3 Å². The summed E-state index contributed by atoms with van der Waals surface area (Å²) in [6.07, 6.45) is 4.19. The highest BCUT2D eigenvalue weighted by Gasteiger charge is 2.31. The van der Waals surface area contributed by atoms with E-state index in [0.717, 1.165) is 23.4 Å². The van der Waals surface area contributed by atoms with E-state index < -0.39 is 10.0 Å². The predicted octanol–water partition coefficient (Wildman–Crippen LogP) is 4.07. The summed E-state index contributed by atoms with van der Waals surface area (Å²) in [5, 5.41) is 0. The van der Waals surface area contributed by atoms with Crippen LogP contribution in [-0.2, 0) is 10.0 Å². The van der Waals surface area contributed by atoms with Crippen LogP contribution in [0, 0.1) is 0 Å². The van der Waals surface area contributed by atoms with Gasteiger partial charge in [-0.1, -0.05) is 65.7 Å². The van der Waals surface area contributed by atoms with E-state index in [-0.39, 0.29) is 9.23 Å². The van der Waals surface area contributed by atoms with Gasteiger partial charge in [-0.25, -0.2) is 8.42 Å². The van der Waals surface area contributed by atoms with E-state index in [2.05, 4.69) is 29.2 Å². The summed E-state index contributed by atoms with van der Waals surface area (Å²) in [5.41, 5.74) is 1.16. The second-order valence-electron chi connectivity index (χ2n) is 5.71. The molecule has 1 aromatic heterocycles. The molecule has 1 saturated heterocycles. The lowest BCUT2D eigenvalue weighted by Gasteiger charge is -2.33. The third kappa shape index (κ3) is 4.64. The zero-order valence-corrected chi connectivity index (χ0v) is 16.6. The monoisotopic (exact) mass is 416 g/mol. The van der Waals surface area contributed by atoms with Crippen molar-refractivity contribution in [1.29, 1.82) is 0 Å². The summed E-state index contributed by atoms with van der Waals surface area (Å²) in [4.78, 5) is 2.34. The average Bonchev–Trinajstić information content (AvgIpc) is 2.95. The van der Waals surface area contributed by atoms with Crippen molar-refractivity contribution in [2.24, 2.45) is 0 Å². The van der Waals surface area contributed by atoms with Crippen molar-refractivity contribution in [1.82, 2.24) is 9.21 Å². The fourth-order valence-corrected chi connectivity index (χ4v) is 6.23. The Morgan fingerprint density at radius 1 is 1.08 bits per heavy atom. The average molecular weight is 417 g/mol. The number of rotatable bonds is 5. The molecule has 2 heterocycles. The molecule has 134 valence electrons. The van der Waals surface area contributed by atoms with Gasteiger partial charge in [-0.15, -0.1) is 11.3 Å². The van der Waals surface area contributed by atoms with Crippen LogP contribution in [0.5, 0.6) is 0 Å². The van der Waals surface area contributed by atoms with Crippen molar-refractivity contribution in [3.8, 4) is 0 Å². The zero-order chi connectivity index (χ0) is 17.9. The van der Waals surface area contributed by atoms with Gasteiger partial charge in [0.15, 0.2) is 0 Å². The Hall–Kier alpha value is -0.890. The summed E-state index contributed by atoms with van der Waals surface area (Å²) >= 11 is 13.0. The molecule has 0 spiro atoms. The van der Waals surface area contributed by atoms with Gasteiger partial charge in [-0.05, 0) is 11.6 Å². The number of thiophene rings is 1. The molecule has 0 aliphatic carbocycles. The first-order valence-electron chi connectivity index (χ1n) is 7.86. The lowest BCUT2D eigenvalue weighted by atomic mass is 10.2. The van der Waals surface area contributed by atoms with Crippen LogP contribution in [0.15, 0.2) is 47.4 Å². The van der Waals surface area contributed by atoms with E-state index in [0.29, 0.717) is 30.5 Å². The van der Waals surface area contributed by atoms with Gasteiger partial charge in [-0.3, -0.25) is 4.90 Å². The second-order valence-corrected chi connectivity index (χ2v) is 9.90. The van der Waals surface area contributed by atoms with Crippen molar-refractivity contribution in [3.63, 3.8) is 0 Å². The Balaban J connectivity index is 1.56. The molecule has 3 rings (SSSR count). The number of benzene rings is 1. The van der Waals surface area contributed by atoms with Crippen LogP contribution in [0.25, 0.3) is 6.08 Å². The minimum Gasteiger partial charge on any atom is -0.297 e. The highest BCUT2D eigenvalue weighted by molar-refractivity contribution is 7.89. The van der Waals surface area contributed by atoms with E-state index in [1.54, 1.807) is 0 Å². The first kappa shape index (κ1) is 18.9. The van der Waals surface area contributed by atoms with Crippen LogP contribution >= 0.6 is 34.5 Å². The van der Waals surface area contributed by atoms with Crippen LogP contribution in [0.4, 0.5) is 0 Å². The summed E-state index contributed by atoms with van der Waals surface area (Å²) in [5.74, 6) is 0. The molecule has 4 nitrogen and oxygen atoms in total. The molecule has 0 atom stereocenters. The molecule has 0 unspecified atom stereocenters. The van der Waals surface area contributed by atoms with Crippen molar-refractivity contribution in [2.45, 2.75) is 4.90 Å². The molecular weight excluding hydrogens is 399 g/mol. The fourth-order valence-electron chi connectivity index (χ4n) is 2.69. The summed E-state index contributed by atoms with van der Waals surface area (Å²) < 4.78 is 27.5. The molecule has 2 aromatic rings. The summed E-state index contributed by atoms with van der Waals surface area (Å²) in [6, 6.07) is 11.5. The van der Waals surface area contributed by atoms with Crippen molar-refractivity contribution in [2.75, 3.05) is 32.7 Å². The first-order valence-corrected chi connectivity index (χ1v) is 10.9. The van der Waals surface area contributed by atoms with Gasteiger partial charge in [0.25, 0.3) is 0 Å². The van der Waals surface area contributed by atoms with E-state index >= 15 is 0 Å². The lowest BCUT2D eigenvalue weighted by Crippen LogP contribution is -2.48. The molecule has 0 bridgehead atoms. The van der Waals surface area contributed by atoms with Crippen LogP contribution in [0.1, 0.15) is 5.56 Å². The molecule has 0 amide bonds. The minimum absolute atomic E-state index is 0.113. The normalized spacial score (nSPS) is 17.4. The standard InChI is InChI=1S/C17H18Cl2N2O2S2/c18-16-13-15(17(19)24-16)25(22,23)21-11-9-20(10-12-21)8-4-7-14-5-2-1-3-6-14/h1-7,13H,8-12H2/b7-4+. The molecular formula is C17H18Cl2N2O2S2. The Labute approximate surface area is 162 Å². The highest BCUT2D eigenvalue weighted by Crippen LogP contribution is 2.35. The van der Waals surface area contributed by atoms with Gasteiger partial charge in [0, 0.05) is 32.7 Å². The molecule has 0 N–H and O–H groups in total. The van der Waals surface area contributed by atoms with E-state index in [4.69, 9.17) is 23.2 Å². The Kier molecular flexibility index (Phi) is 6.20. The molecule has 0 radical (unpaired) electrons. The van der Waals surface area contributed by atoms with Gasteiger partial charge in [0.05, 0.1) is 4.34 Å². The third-order valence-electron chi connectivity index (χ3n) is 4.05. The molecule has 1 aliphatic heterocycles. The van der Waals surface area contributed by atoms with Gasteiger partial charge < -0.3 is 0 Å². The topological polar surface area (TPSA) is 40.6 Å². The minimum atomic E-state index is -3.58. The van der Waals surface area contributed by atoms with Gasteiger partial charge in [-0.2, -0.15) is 4.31 Å². The van der Waals surface area contributed by atoms with E-state index in [1.807, 2.05) is 18.2 Å². The Bertz CT molecular complexity index is 843.